The molecule has 0 aromatic heterocycles. The van der Waals surface area contributed by atoms with Crippen LogP contribution in [0.25, 0.3) is 0 Å². The Balaban J connectivity index is 1.45. The van der Waals surface area contributed by atoms with Crippen molar-refractivity contribution in [2.45, 2.75) is 18.9 Å². The van der Waals surface area contributed by atoms with Crippen LogP contribution in [0.5, 0.6) is 11.5 Å². The summed E-state index contributed by atoms with van der Waals surface area (Å²) in [6.45, 7) is 1.63. The van der Waals surface area contributed by atoms with Crippen molar-refractivity contribution in [1.29, 1.82) is 0 Å². The molecule has 26 heavy (non-hydrogen) atoms. The number of nitrogens with zero attached hydrogens (tertiary/aromatic N) is 2. The zero-order valence-electron chi connectivity index (χ0n) is 15.1. The van der Waals surface area contributed by atoms with E-state index in [1.165, 1.54) is 22.7 Å². The van der Waals surface area contributed by atoms with Crippen LogP contribution in [0.3, 0.4) is 0 Å². The molecule has 1 unspecified atom stereocenters. The van der Waals surface area contributed by atoms with E-state index < -0.39 is 16.3 Å². The lowest BCUT2D eigenvalue weighted by Crippen LogP contribution is -2.48. The first kappa shape index (κ1) is 18.9. The number of ether oxygens (including phenoxy) is 2. The Morgan fingerprint density at radius 3 is 2.54 bits per heavy atom. The number of benzene rings is 1. The summed E-state index contributed by atoms with van der Waals surface area (Å²) in [4.78, 5) is 12.3. The van der Waals surface area contributed by atoms with Gasteiger partial charge < -0.3 is 14.8 Å². The minimum atomic E-state index is -3.36. The van der Waals surface area contributed by atoms with Gasteiger partial charge in [0.05, 0.1) is 0 Å². The fourth-order valence-electron chi connectivity index (χ4n) is 3.08. The van der Waals surface area contributed by atoms with Gasteiger partial charge in [0.25, 0.3) is 16.1 Å². The van der Waals surface area contributed by atoms with Crippen molar-refractivity contribution in [3.63, 3.8) is 0 Å². The lowest BCUT2D eigenvalue weighted by Gasteiger charge is -2.33. The van der Waals surface area contributed by atoms with Gasteiger partial charge in [-0.05, 0) is 30.9 Å². The van der Waals surface area contributed by atoms with Crippen LogP contribution in [0.4, 0.5) is 0 Å². The molecular formula is C17H25N3O5S. The Bertz CT molecular complexity index is 745. The van der Waals surface area contributed by atoms with Crippen LogP contribution < -0.4 is 14.8 Å². The highest BCUT2D eigenvalue weighted by Crippen LogP contribution is 2.30. The molecule has 0 bridgehead atoms. The molecule has 9 heteroatoms. The van der Waals surface area contributed by atoms with Crippen molar-refractivity contribution in [3.8, 4) is 11.5 Å². The van der Waals surface area contributed by atoms with Gasteiger partial charge in [-0.1, -0.05) is 12.1 Å². The van der Waals surface area contributed by atoms with E-state index in [9.17, 15) is 13.2 Å². The molecule has 0 saturated carbocycles. The number of nitrogens with one attached hydrogen (secondary N) is 1. The van der Waals surface area contributed by atoms with E-state index in [1.807, 2.05) is 12.1 Å². The van der Waals surface area contributed by atoms with E-state index in [0.29, 0.717) is 31.1 Å². The van der Waals surface area contributed by atoms with Crippen molar-refractivity contribution in [2.24, 2.45) is 5.92 Å². The Labute approximate surface area is 154 Å². The van der Waals surface area contributed by atoms with Crippen LogP contribution in [-0.4, -0.2) is 69.4 Å². The largest absolute Gasteiger partial charge is 0.485 e. The zero-order valence-corrected chi connectivity index (χ0v) is 15.9. The third kappa shape index (κ3) is 4.11. The molecule has 0 radical (unpaired) electrons. The molecule has 2 heterocycles. The molecule has 3 rings (SSSR count). The number of amides is 1. The maximum atomic E-state index is 12.3. The van der Waals surface area contributed by atoms with Crippen molar-refractivity contribution in [2.75, 3.05) is 40.3 Å². The van der Waals surface area contributed by atoms with Crippen LogP contribution >= 0.6 is 0 Å². The standard InChI is InChI=1S/C17H25N3O5S/c1-19(2)26(22,23)20-9-7-13(8-10-20)11-18-17(21)16-12-24-14-5-3-4-6-15(14)25-16/h3-6,13,16H,7-12H2,1-2H3,(H,18,21). The van der Waals surface area contributed by atoms with Gasteiger partial charge in [-0.2, -0.15) is 17.0 Å². The molecule has 144 valence electrons. The number of carbonyl (C=O) groups is 1. The van der Waals surface area contributed by atoms with Crippen molar-refractivity contribution < 1.29 is 22.7 Å². The maximum Gasteiger partial charge on any atom is 0.281 e. The van der Waals surface area contributed by atoms with Crippen LogP contribution in [0.1, 0.15) is 12.8 Å². The lowest BCUT2D eigenvalue weighted by molar-refractivity contribution is -0.130. The van der Waals surface area contributed by atoms with Crippen molar-refractivity contribution in [1.82, 2.24) is 13.9 Å². The Morgan fingerprint density at radius 1 is 1.23 bits per heavy atom. The van der Waals surface area contributed by atoms with Gasteiger partial charge in [0, 0.05) is 33.7 Å². The van der Waals surface area contributed by atoms with Crippen molar-refractivity contribution >= 4 is 16.1 Å². The summed E-state index contributed by atoms with van der Waals surface area (Å²) in [5.41, 5.74) is 0. The van der Waals surface area contributed by atoms with E-state index in [1.54, 1.807) is 12.1 Å². The molecule has 2 aliphatic heterocycles. The van der Waals surface area contributed by atoms with Gasteiger partial charge >= 0.3 is 0 Å². The minimum Gasteiger partial charge on any atom is -0.485 e. The zero-order chi connectivity index (χ0) is 18.7. The third-order valence-electron chi connectivity index (χ3n) is 4.73. The second kappa shape index (κ2) is 7.81. The Hall–Kier alpha value is -1.84. The molecular weight excluding hydrogens is 358 g/mol. The summed E-state index contributed by atoms with van der Waals surface area (Å²) in [5.74, 6) is 1.26. The smallest absolute Gasteiger partial charge is 0.281 e. The van der Waals surface area contributed by atoms with E-state index in [4.69, 9.17) is 9.47 Å². The van der Waals surface area contributed by atoms with Gasteiger partial charge in [-0.25, -0.2) is 0 Å². The van der Waals surface area contributed by atoms with Gasteiger partial charge in [0.2, 0.25) is 6.10 Å². The fourth-order valence-corrected chi connectivity index (χ4v) is 4.22. The van der Waals surface area contributed by atoms with E-state index in [0.717, 1.165) is 12.8 Å². The lowest BCUT2D eigenvalue weighted by atomic mass is 9.98. The third-order valence-corrected chi connectivity index (χ3v) is 6.67. The summed E-state index contributed by atoms with van der Waals surface area (Å²) in [6, 6.07) is 7.26. The molecule has 0 aliphatic carbocycles. The molecule has 1 aromatic carbocycles. The van der Waals surface area contributed by atoms with E-state index in [2.05, 4.69) is 5.32 Å². The van der Waals surface area contributed by atoms with Gasteiger partial charge in [-0.3, -0.25) is 4.79 Å². The molecule has 1 fully saturated rings. The molecule has 1 amide bonds. The molecule has 0 spiro atoms. The van der Waals surface area contributed by atoms with Gasteiger partial charge in [0.1, 0.15) is 6.61 Å². The van der Waals surface area contributed by atoms with Crippen molar-refractivity contribution in [3.05, 3.63) is 24.3 Å². The normalized spacial score (nSPS) is 21.6. The number of carbonyl (C=O) groups excluding carboxylic acids is 1. The number of hydrogen-bond acceptors (Lipinski definition) is 5. The summed E-state index contributed by atoms with van der Waals surface area (Å²) in [7, 11) is -0.290. The highest BCUT2D eigenvalue weighted by molar-refractivity contribution is 7.86. The van der Waals surface area contributed by atoms with Crippen LogP contribution in [-0.2, 0) is 15.0 Å². The monoisotopic (exact) mass is 383 g/mol. The molecule has 1 N–H and O–H groups in total. The minimum absolute atomic E-state index is 0.183. The number of piperidine rings is 1. The van der Waals surface area contributed by atoms with Gasteiger partial charge in [0.15, 0.2) is 11.5 Å². The topological polar surface area (TPSA) is 88.2 Å². The second-order valence-electron chi connectivity index (χ2n) is 6.74. The Morgan fingerprint density at radius 2 is 1.88 bits per heavy atom. The number of fused-ring (bicyclic) bond motifs is 1. The van der Waals surface area contributed by atoms with E-state index >= 15 is 0 Å². The first-order valence-electron chi connectivity index (χ1n) is 8.71. The van der Waals surface area contributed by atoms with E-state index in [-0.39, 0.29) is 18.4 Å². The average Bonchev–Trinajstić information content (AvgIpc) is 2.66. The average molecular weight is 383 g/mol. The Kier molecular flexibility index (Phi) is 5.69. The fraction of sp³-hybridized carbons (Fsp3) is 0.588. The van der Waals surface area contributed by atoms with Crippen LogP contribution in [0.2, 0.25) is 0 Å². The summed E-state index contributed by atoms with van der Waals surface area (Å²) < 4.78 is 38.2. The highest BCUT2D eigenvalue weighted by Gasteiger charge is 2.31. The first-order chi connectivity index (χ1) is 12.4. The molecule has 8 nitrogen and oxygen atoms in total. The quantitative estimate of drug-likeness (QED) is 0.798. The number of rotatable bonds is 5. The first-order valence-corrected chi connectivity index (χ1v) is 10.1. The molecule has 1 atom stereocenters. The SMILES string of the molecule is CN(C)S(=O)(=O)N1CCC(CNC(=O)C2COc3ccccc3O2)CC1. The summed E-state index contributed by atoms with van der Waals surface area (Å²) in [6.07, 6.45) is 0.773. The summed E-state index contributed by atoms with van der Waals surface area (Å²) >= 11 is 0. The maximum absolute atomic E-state index is 12.3. The molecule has 1 saturated heterocycles. The summed E-state index contributed by atoms with van der Waals surface area (Å²) in [5, 5.41) is 2.91. The highest BCUT2D eigenvalue weighted by atomic mass is 32.2. The molecule has 2 aliphatic rings. The van der Waals surface area contributed by atoms with Crippen LogP contribution in [0, 0.1) is 5.92 Å². The molecule has 1 aromatic rings. The predicted octanol–water partition coefficient (Wildman–Crippen LogP) is 0.461. The number of para-hydroxylation sites is 2. The second-order valence-corrected chi connectivity index (χ2v) is 8.88. The number of hydrogen-bond donors (Lipinski definition) is 1. The van der Waals surface area contributed by atoms with Gasteiger partial charge in [-0.15, -0.1) is 0 Å². The predicted molar refractivity (Wildman–Crippen MR) is 96.3 cm³/mol. The van der Waals surface area contributed by atoms with Crippen LogP contribution in [0.15, 0.2) is 24.3 Å².